The molecular weight excluding hydrogens is 204 g/mol. The normalized spacial score (nSPS) is 10.0. The van der Waals surface area contributed by atoms with Gasteiger partial charge in [0.1, 0.15) is 0 Å². The monoisotopic (exact) mass is 214 g/mol. The zero-order valence-corrected chi connectivity index (χ0v) is 7.93. The maximum absolute atomic E-state index is 10.6. The fourth-order valence-electron chi connectivity index (χ4n) is 1.14. The van der Waals surface area contributed by atoms with E-state index in [1.165, 1.54) is 13.2 Å². The van der Waals surface area contributed by atoms with Gasteiger partial charge in [0.15, 0.2) is 5.75 Å². The van der Waals surface area contributed by atoms with E-state index in [0.29, 0.717) is 5.56 Å². The van der Waals surface area contributed by atoms with E-state index >= 15 is 0 Å². The Morgan fingerprint density at radius 2 is 2.27 bits per heavy atom. The number of nitro groups is 1. The second-order valence-corrected chi connectivity index (χ2v) is 2.76. The Labute approximate surface area is 85.0 Å². The maximum Gasteiger partial charge on any atom is 0.314 e. The molecule has 7 nitrogen and oxygen atoms in total. The lowest BCUT2D eigenvalue weighted by molar-refractivity contribution is -0.386. The molecule has 1 rings (SSSR count). The van der Waals surface area contributed by atoms with Crippen LogP contribution in [-0.2, 0) is 6.54 Å². The highest BCUT2D eigenvalue weighted by Gasteiger charge is 2.19. The van der Waals surface area contributed by atoms with Crippen LogP contribution >= 0.6 is 0 Å². The Balaban J connectivity index is 3.25. The number of rotatable bonds is 4. The molecular formula is C8H10N2O5. The van der Waals surface area contributed by atoms with Gasteiger partial charge in [0.05, 0.1) is 12.0 Å². The number of nitrogens with zero attached hydrogens (tertiary/aromatic N) is 1. The van der Waals surface area contributed by atoms with Gasteiger partial charge in [-0.1, -0.05) is 0 Å². The quantitative estimate of drug-likeness (QED) is 0.505. The van der Waals surface area contributed by atoms with Gasteiger partial charge in [0.25, 0.3) is 0 Å². The summed E-state index contributed by atoms with van der Waals surface area (Å²) in [4.78, 5) is 9.83. The third-order valence-electron chi connectivity index (χ3n) is 1.81. The minimum absolute atomic E-state index is 0.00514. The molecule has 0 heterocycles. The van der Waals surface area contributed by atoms with E-state index < -0.39 is 16.4 Å². The minimum Gasteiger partial charge on any atom is -0.500 e. The molecule has 0 aliphatic heterocycles. The molecule has 0 aliphatic rings. The van der Waals surface area contributed by atoms with Gasteiger partial charge in [-0.05, 0) is 11.6 Å². The van der Waals surface area contributed by atoms with Gasteiger partial charge in [-0.3, -0.25) is 10.1 Å². The summed E-state index contributed by atoms with van der Waals surface area (Å²) in [6.07, 6.45) is 0. The number of hydrogen-bond acceptors (Lipinski definition) is 6. The highest BCUT2D eigenvalue weighted by Crippen LogP contribution is 2.36. The first kappa shape index (κ1) is 11.2. The fraction of sp³-hybridized carbons (Fsp3) is 0.250. The van der Waals surface area contributed by atoms with Crippen molar-refractivity contribution in [3.63, 3.8) is 0 Å². The highest BCUT2D eigenvalue weighted by molar-refractivity contribution is 5.57. The Hall–Kier alpha value is -1.86. The molecule has 0 saturated heterocycles. The Morgan fingerprint density at radius 3 is 2.73 bits per heavy atom. The molecule has 0 bridgehead atoms. The van der Waals surface area contributed by atoms with Crippen LogP contribution in [-0.4, -0.2) is 22.3 Å². The van der Waals surface area contributed by atoms with Gasteiger partial charge < -0.3 is 15.1 Å². The Kier molecular flexibility index (Phi) is 3.42. The van der Waals surface area contributed by atoms with E-state index in [4.69, 9.17) is 9.94 Å². The maximum atomic E-state index is 10.6. The number of methoxy groups -OCH3 is 1. The fourth-order valence-corrected chi connectivity index (χ4v) is 1.14. The number of hydrogen-bond donors (Lipinski definition) is 3. The minimum atomic E-state index is -0.723. The molecule has 0 amide bonds. The molecule has 1 aromatic rings. The second kappa shape index (κ2) is 4.58. The molecule has 0 aromatic heterocycles. The van der Waals surface area contributed by atoms with Crippen LogP contribution in [0.4, 0.5) is 5.69 Å². The van der Waals surface area contributed by atoms with E-state index in [1.807, 2.05) is 5.48 Å². The van der Waals surface area contributed by atoms with Gasteiger partial charge in [0, 0.05) is 12.6 Å². The van der Waals surface area contributed by atoms with E-state index in [0.717, 1.165) is 6.07 Å². The van der Waals surface area contributed by atoms with Crippen LogP contribution in [0.5, 0.6) is 11.5 Å². The molecule has 0 saturated carbocycles. The molecule has 0 radical (unpaired) electrons. The van der Waals surface area contributed by atoms with Crippen molar-refractivity contribution >= 4 is 5.69 Å². The topological polar surface area (TPSA) is 105 Å². The predicted molar refractivity (Wildman–Crippen MR) is 49.9 cm³/mol. The van der Waals surface area contributed by atoms with E-state index in [1.54, 1.807) is 0 Å². The van der Waals surface area contributed by atoms with Crippen molar-refractivity contribution in [3.05, 3.63) is 27.8 Å². The average Bonchev–Trinajstić information content (AvgIpc) is 2.20. The van der Waals surface area contributed by atoms with Gasteiger partial charge >= 0.3 is 5.69 Å². The van der Waals surface area contributed by atoms with Crippen molar-refractivity contribution in [3.8, 4) is 11.5 Å². The number of aromatic hydroxyl groups is 1. The molecule has 3 N–H and O–H groups in total. The molecule has 0 spiro atoms. The van der Waals surface area contributed by atoms with Crippen LogP contribution in [0.25, 0.3) is 0 Å². The molecule has 1 aromatic carbocycles. The van der Waals surface area contributed by atoms with Crippen molar-refractivity contribution in [2.45, 2.75) is 6.54 Å². The number of phenolic OH excluding ortho intramolecular Hbond substituents is 1. The van der Waals surface area contributed by atoms with Crippen LogP contribution < -0.4 is 10.2 Å². The van der Waals surface area contributed by atoms with Crippen molar-refractivity contribution in [2.24, 2.45) is 0 Å². The molecule has 82 valence electrons. The molecule has 15 heavy (non-hydrogen) atoms. The smallest absolute Gasteiger partial charge is 0.314 e. The van der Waals surface area contributed by atoms with Gasteiger partial charge in [-0.15, -0.1) is 0 Å². The van der Waals surface area contributed by atoms with Gasteiger partial charge in [-0.2, -0.15) is 0 Å². The zero-order chi connectivity index (χ0) is 11.4. The van der Waals surface area contributed by atoms with Gasteiger partial charge in [0.2, 0.25) is 5.75 Å². The third-order valence-corrected chi connectivity index (χ3v) is 1.81. The summed E-state index contributed by atoms with van der Waals surface area (Å²) in [5.41, 5.74) is 1.83. The number of hydroxylamine groups is 1. The summed E-state index contributed by atoms with van der Waals surface area (Å²) in [6.45, 7) is 0.0253. The average molecular weight is 214 g/mol. The molecule has 7 heteroatoms. The largest absolute Gasteiger partial charge is 0.500 e. The summed E-state index contributed by atoms with van der Waals surface area (Å²) in [7, 11) is 1.29. The molecule has 0 unspecified atom stereocenters. The van der Waals surface area contributed by atoms with Crippen LogP contribution in [0.3, 0.4) is 0 Å². The van der Waals surface area contributed by atoms with Crippen molar-refractivity contribution in [1.82, 2.24) is 5.48 Å². The lowest BCUT2D eigenvalue weighted by Crippen LogP contribution is -2.06. The standard InChI is InChI=1S/C8H10N2O5/c1-15-7-3-5(4-9-12)2-6(8(7)11)10(13)14/h2-3,9,11-12H,4H2,1H3. The Bertz CT molecular complexity index is 380. The van der Waals surface area contributed by atoms with E-state index in [2.05, 4.69) is 0 Å². The summed E-state index contributed by atoms with van der Waals surface area (Å²) in [6, 6.07) is 2.55. The summed E-state index contributed by atoms with van der Waals surface area (Å²) in [5, 5.41) is 28.4. The number of nitro benzene ring substituents is 1. The van der Waals surface area contributed by atoms with Crippen molar-refractivity contribution < 1.29 is 20.0 Å². The predicted octanol–water partition coefficient (Wildman–Crippen LogP) is 0.788. The molecule has 0 fully saturated rings. The van der Waals surface area contributed by atoms with Crippen molar-refractivity contribution in [1.29, 1.82) is 0 Å². The van der Waals surface area contributed by atoms with Crippen LogP contribution in [0.1, 0.15) is 5.56 Å². The second-order valence-electron chi connectivity index (χ2n) is 2.76. The summed E-state index contributed by atoms with van der Waals surface area (Å²) >= 11 is 0. The third kappa shape index (κ3) is 2.33. The number of nitrogens with one attached hydrogen (secondary N) is 1. The van der Waals surface area contributed by atoms with Crippen molar-refractivity contribution in [2.75, 3.05) is 7.11 Å². The van der Waals surface area contributed by atoms with Crippen LogP contribution in [0, 0.1) is 10.1 Å². The summed E-state index contributed by atoms with van der Waals surface area (Å²) in [5.74, 6) is -0.529. The lowest BCUT2D eigenvalue weighted by atomic mass is 10.1. The van der Waals surface area contributed by atoms with Gasteiger partial charge in [-0.25, -0.2) is 5.48 Å². The first-order valence-corrected chi connectivity index (χ1v) is 4.01. The zero-order valence-electron chi connectivity index (χ0n) is 7.93. The first-order valence-electron chi connectivity index (χ1n) is 4.01. The van der Waals surface area contributed by atoms with Crippen LogP contribution in [0.15, 0.2) is 12.1 Å². The van der Waals surface area contributed by atoms with E-state index in [9.17, 15) is 15.2 Å². The summed E-state index contributed by atoms with van der Waals surface area (Å²) < 4.78 is 4.76. The Morgan fingerprint density at radius 1 is 1.60 bits per heavy atom. The number of benzene rings is 1. The first-order chi connectivity index (χ1) is 7.10. The highest BCUT2D eigenvalue weighted by atomic mass is 16.6. The van der Waals surface area contributed by atoms with E-state index in [-0.39, 0.29) is 12.3 Å². The number of phenols is 1. The lowest BCUT2D eigenvalue weighted by Gasteiger charge is -2.06. The molecule has 0 atom stereocenters. The molecule has 0 aliphatic carbocycles. The number of ether oxygens (including phenoxy) is 1. The van der Waals surface area contributed by atoms with Crippen LogP contribution in [0.2, 0.25) is 0 Å². The SMILES string of the molecule is COc1cc(CNO)cc([N+](=O)[O-])c1O.